The van der Waals surface area contributed by atoms with E-state index in [1.54, 1.807) is 6.20 Å². The third-order valence-electron chi connectivity index (χ3n) is 3.89. The minimum absolute atomic E-state index is 0.216. The van der Waals surface area contributed by atoms with Crippen LogP contribution in [-0.4, -0.2) is 39.3 Å². The summed E-state index contributed by atoms with van der Waals surface area (Å²) < 4.78 is 0. The van der Waals surface area contributed by atoms with Gasteiger partial charge in [0.25, 0.3) is 0 Å². The number of anilines is 1. The highest BCUT2D eigenvalue weighted by Gasteiger charge is 2.22. The van der Waals surface area contributed by atoms with Crippen molar-refractivity contribution in [1.29, 1.82) is 0 Å². The fourth-order valence-corrected chi connectivity index (χ4v) is 2.79. The predicted molar refractivity (Wildman–Crippen MR) is 81.9 cm³/mol. The molecule has 1 aliphatic heterocycles. The molecule has 1 aromatic carbocycles. The first-order valence-electron chi connectivity index (χ1n) is 7.08. The first-order valence-corrected chi connectivity index (χ1v) is 7.08. The number of aromatic nitrogens is 4. The summed E-state index contributed by atoms with van der Waals surface area (Å²) in [5, 5.41) is 8.43. The molecule has 6 nitrogen and oxygen atoms in total. The Bertz CT molecular complexity index is 775. The summed E-state index contributed by atoms with van der Waals surface area (Å²) >= 11 is 0. The number of H-pyrrole nitrogens is 1. The Balaban J connectivity index is 1.74. The summed E-state index contributed by atoms with van der Waals surface area (Å²) in [5.74, 6) is 1.49. The zero-order valence-electron chi connectivity index (χ0n) is 11.5. The Morgan fingerprint density at radius 1 is 1.24 bits per heavy atom. The van der Waals surface area contributed by atoms with E-state index in [2.05, 4.69) is 25.1 Å². The van der Waals surface area contributed by atoms with Crippen molar-refractivity contribution in [1.82, 2.24) is 20.2 Å². The van der Waals surface area contributed by atoms with Crippen LogP contribution in [0.1, 0.15) is 6.42 Å². The van der Waals surface area contributed by atoms with E-state index in [9.17, 15) is 0 Å². The van der Waals surface area contributed by atoms with E-state index in [-0.39, 0.29) is 6.04 Å². The third-order valence-corrected chi connectivity index (χ3v) is 3.89. The van der Waals surface area contributed by atoms with Crippen LogP contribution in [0.5, 0.6) is 0 Å². The van der Waals surface area contributed by atoms with Crippen molar-refractivity contribution in [3.63, 3.8) is 0 Å². The number of hydrogen-bond donors (Lipinski definition) is 2. The lowest BCUT2D eigenvalue weighted by atomic mass is 10.1. The van der Waals surface area contributed by atoms with Crippen molar-refractivity contribution < 1.29 is 0 Å². The summed E-state index contributed by atoms with van der Waals surface area (Å²) in [6, 6.07) is 10.2. The van der Waals surface area contributed by atoms with Crippen molar-refractivity contribution in [2.45, 2.75) is 12.5 Å². The Morgan fingerprint density at radius 3 is 3.00 bits per heavy atom. The molecule has 4 rings (SSSR count). The van der Waals surface area contributed by atoms with E-state index in [1.807, 2.05) is 30.3 Å². The quantitative estimate of drug-likeness (QED) is 0.744. The van der Waals surface area contributed by atoms with Gasteiger partial charge in [-0.15, -0.1) is 5.10 Å². The van der Waals surface area contributed by atoms with Gasteiger partial charge in [0.15, 0.2) is 5.82 Å². The molecule has 2 aromatic heterocycles. The summed E-state index contributed by atoms with van der Waals surface area (Å²) in [6.07, 6.45) is 2.79. The maximum Gasteiger partial charge on any atom is 0.245 e. The van der Waals surface area contributed by atoms with Gasteiger partial charge < -0.3 is 10.6 Å². The van der Waals surface area contributed by atoms with Crippen LogP contribution in [0.2, 0.25) is 0 Å². The second kappa shape index (κ2) is 4.82. The molecule has 1 unspecified atom stereocenters. The highest BCUT2D eigenvalue weighted by molar-refractivity contribution is 5.92. The molecule has 0 bridgehead atoms. The Morgan fingerprint density at radius 2 is 2.14 bits per heavy atom. The molecule has 21 heavy (non-hydrogen) atoms. The van der Waals surface area contributed by atoms with Crippen molar-refractivity contribution in [3.8, 4) is 11.4 Å². The van der Waals surface area contributed by atoms with Gasteiger partial charge in [0.2, 0.25) is 5.95 Å². The predicted octanol–water partition coefficient (Wildman–Crippen LogP) is 1.56. The van der Waals surface area contributed by atoms with Gasteiger partial charge in [-0.25, -0.2) is 0 Å². The minimum Gasteiger partial charge on any atom is -0.338 e. The lowest BCUT2D eigenvalue weighted by Crippen LogP contribution is -2.26. The molecule has 1 fully saturated rings. The fraction of sp³-hybridized carbons (Fsp3) is 0.267. The van der Waals surface area contributed by atoms with Gasteiger partial charge in [0.1, 0.15) is 0 Å². The Hall–Kier alpha value is -2.47. The summed E-state index contributed by atoms with van der Waals surface area (Å²) in [7, 11) is 0. The summed E-state index contributed by atoms with van der Waals surface area (Å²) in [4.78, 5) is 11.1. The maximum atomic E-state index is 5.94. The smallest absolute Gasteiger partial charge is 0.245 e. The fourth-order valence-electron chi connectivity index (χ4n) is 2.79. The topological polar surface area (TPSA) is 83.7 Å². The molecular formula is C15H16N6. The molecule has 106 valence electrons. The highest BCUT2D eigenvalue weighted by atomic mass is 15.4. The zero-order chi connectivity index (χ0) is 14.2. The van der Waals surface area contributed by atoms with Gasteiger partial charge >= 0.3 is 0 Å². The first-order chi connectivity index (χ1) is 10.3. The number of nitrogens with one attached hydrogen (secondary N) is 1. The number of nitrogens with two attached hydrogens (primary N) is 1. The van der Waals surface area contributed by atoms with E-state index in [0.717, 1.165) is 47.7 Å². The van der Waals surface area contributed by atoms with E-state index in [1.165, 1.54) is 0 Å². The van der Waals surface area contributed by atoms with Crippen LogP contribution >= 0.6 is 0 Å². The van der Waals surface area contributed by atoms with Gasteiger partial charge in [-0.05, 0) is 18.6 Å². The molecule has 0 amide bonds. The lowest BCUT2D eigenvalue weighted by molar-refractivity contribution is 0.750. The number of nitrogens with zero attached hydrogens (tertiary/aromatic N) is 4. The standard InChI is InChI=1S/C15H16N6/c16-10-6-8-21(9-10)15-18-14(19-20-15)12-5-7-17-13-4-2-1-3-11(12)13/h1-5,7,10H,6,8-9,16H2,(H,18,19,20). The molecule has 1 aliphatic rings. The van der Waals surface area contributed by atoms with E-state index < -0.39 is 0 Å². The highest BCUT2D eigenvalue weighted by Crippen LogP contribution is 2.26. The van der Waals surface area contributed by atoms with E-state index in [0.29, 0.717) is 0 Å². The number of aromatic amines is 1. The molecule has 0 saturated carbocycles. The van der Waals surface area contributed by atoms with E-state index >= 15 is 0 Å². The van der Waals surface area contributed by atoms with Gasteiger partial charge in [-0.3, -0.25) is 10.1 Å². The molecule has 3 aromatic rings. The number of rotatable bonds is 2. The van der Waals surface area contributed by atoms with Crippen LogP contribution in [-0.2, 0) is 0 Å². The third kappa shape index (κ3) is 2.13. The molecule has 0 spiro atoms. The van der Waals surface area contributed by atoms with Gasteiger partial charge in [-0.2, -0.15) is 4.98 Å². The van der Waals surface area contributed by atoms with Crippen LogP contribution in [0.4, 0.5) is 5.95 Å². The molecule has 0 radical (unpaired) electrons. The van der Waals surface area contributed by atoms with Crippen LogP contribution in [0.25, 0.3) is 22.3 Å². The average Bonchev–Trinajstić information content (AvgIpc) is 3.15. The van der Waals surface area contributed by atoms with Crippen LogP contribution in [0, 0.1) is 0 Å². The van der Waals surface area contributed by atoms with Crippen molar-refractivity contribution >= 4 is 16.9 Å². The van der Waals surface area contributed by atoms with Crippen LogP contribution in [0.15, 0.2) is 36.5 Å². The Labute approximate surface area is 122 Å². The number of hydrogen-bond acceptors (Lipinski definition) is 5. The molecule has 3 heterocycles. The maximum absolute atomic E-state index is 5.94. The van der Waals surface area contributed by atoms with Crippen LogP contribution in [0.3, 0.4) is 0 Å². The van der Waals surface area contributed by atoms with Crippen molar-refractivity contribution in [3.05, 3.63) is 36.5 Å². The van der Waals surface area contributed by atoms with Gasteiger partial charge in [0, 0.05) is 36.3 Å². The first kappa shape index (κ1) is 12.3. The number of fused-ring (bicyclic) bond motifs is 1. The van der Waals surface area contributed by atoms with Crippen molar-refractivity contribution in [2.75, 3.05) is 18.0 Å². The molecule has 3 N–H and O–H groups in total. The van der Waals surface area contributed by atoms with Crippen LogP contribution < -0.4 is 10.6 Å². The van der Waals surface area contributed by atoms with Crippen molar-refractivity contribution in [2.24, 2.45) is 5.73 Å². The second-order valence-electron chi connectivity index (χ2n) is 5.35. The second-order valence-corrected chi connectivity index (χ2v) is 5.35. The molecule has 1 saturated heterocycles. The van der Waals surface area contributed by atoms with E-state index in [4.69, 9.17) is 5.73 Å². The number of para-hydroxylation sites is 1. The lowest BCUT2D eigenvalue weighted by Gasteiger charge is -2.11. The minimum atomic E-state index is 0.216. The molecular weight excluding hydrogens is 264 g/mol. The SMILES string of the molecule is NC1CCN(c2n[nH]c(-c3ccnc4ccccc34)n2)C1. The molecule has 6 heteroatoms. The average molecular weight is 280 g/mol. The number of benzene rings is 1. The molecule has 1 atom stereocenters. The molecule has 0 aliphatic carbocycles. The zero-order valence-corrected chi connectivity index (χ0v) is 11.5. The monoisotopic (exact) mass is 280 g/mol. The number of pyridine rings is 1. The van der Waals surface area contributed by atoms with Gasteiger partial charge in [-0.1, -0.05) is 18.2 Å². The summed E-state index contributed by atoms with van der Waals surface area (Å²) in [6.45, 7) is 1.73. The largest absolute Gasteiger partial charge is 0.338 e. The Kier molecular flexibility index (Phi) is 2.82. The normalized spacial score (nSPS) is 18.5. The van der Waals surface area contributed by atoms with Gasteiger partial charge in [0.05, 0.1) is 5.52 Å². The summed E-state index contributed by atoms with van der Waals surface area (Å²) in [5.41, 5.74) is 7.91.